The Labute approximate surface area is 136 Å². The van der Waals surface area contributed by atoms with Crippen molar-refractivity contribution >= 4 is 5.97 Å². The van der Waals surface area contributed by atoms with E-state index in [0.717, 1.165) is 16.8 Å². The Morgan fingerprint density at radius 3 is 2.70 bits per heavy atom. The van der Waals surface area contributed by atoms with E-state index in [1.165, 1.54) is 0 Å². The minimum absolute atomic E-state index is 0.441. The van der Waals surface area contributed by atoms with Crippen LogP contribution in [0.1, 0.15) is 32.3 Å². The molecular formula is C17H24N4O2. The summed E-state index contributed by atoms with van der Waals surface area (Å²) in [5.41, 5.74) is 2.16. The summed E-state index contributed by atoms with van der Waals surface area (Å²) in [4.78, 5) is 15.7. The molecule has 0 saturated heterocycles. The molecule has 6 nitrogen and oxygen atoms in total. The van der Waals surface area contributed by atoms with Gasteiger partial charge in [0.05, 0.1) is 11.1 Å². The van der Waals surface area contributed by atoms with Gasteiger partial charge in [-0.2, -0.15) is 5.10 Å². The number of carboxylic acids is 1. The standard InChI is InChI=1S/C17H24N4O2/c1-4-17(5-2,16(22)23)12-19-10-14-11-21(3)20-15(14)13-7-6-8-18-9-13/h6-9,11,19H,4-5,10,12H2,1-3H3,(H,22,23). The number of pyridine rings is 1. The molecular weight excluding hydrogens is 292 g/mol. The quantitative estimate of drug-likeness (QED) is 0.782. The molecule has 2 N–H and O–H groups in total. The molecule has 0 aromatic carbocycles. The lowest BCUT2D eigenvalue weighted by Gasteiger charge is -2.27. The fourth-order valence-corrected chi connectivity index (χ4v) is 2.73. The normalized spacial score (nSPS) is 11.6. The second-order valence-electron chi connectivity index (χ2n) is 5.81. The van der Waals surface area contributed by atoms with Gasteiger partial charge in [-0.3, -0.25) is 14.5 Å². The van der Waals surface area contributed by atoms with Crippen molar-refractivity contribution in [3.63, 3.8) is 0 Å². The molecule has 124 valence electrons. The zero-order valence-electron chi connectivity index (χ0n) is 13.9. The van der Waals surface area contributed by atoms with E-state index < -0.39 is 11.4 Å². The van der Waals surface area contributed by atoms with Gasteiger partial charge in [-0.15, -0.1) is 0 Å². The molecule has 0 aliphatic carbocycles. The van der Waals surface area contributed by atoms with Crippen LogP contribution in [0.5, 0.6) is 0 Å². The summed E-state index contributed by atoms with van der Waals surface area (Å²) >= 11 is 0. The molecule has 0 atom stereocenters. The molecule has 0 fully saturated rings. The van der Waals surface area contributed by atoms with Gasteiger partial charge in [0.25, 0.3) is 0 Å². The summed E-state index contributed by atoms with van der Waals surface area (Å²) in [6.45, 7) is 4.86. The minimum Gasteiger partial charge on any atom is -0.481 e. The van der Waals surface area contributed by atoms with Crippen molar-refractivity contribution in [1.82, 2.24) is 20.1 Å². The molecule has 0 saturated carbocycles. The van der Waals surface area contributed by atoms with Gasteiger partial charge in [0.1, 0.15) is 0 Å². The summed E-state index contributed by atoms with van der Waals surface area (Å²) < 4.78 is 1.77. The van der Waals surface area contributed by atoms with E-state index in [4.69, 9.17) is 0 Å². The van der Waals surface area contributed by atoms with Gasteiger partial charge < -0.3 is 10.4 Å². The van der Waals surface area contributed by atoms with Crippen LogP contribution in [0.2, 0.25) is 0 Å². The van der Waals surface area contributed by atoms with E-state index in [2.05, 4.69) is 15.4 Å². The summed E-state index contributed by atoms with van der Waals surface area (Å²) in [6.07, 6.45) is 6.68. The third-order valence-corrected chi connectivity index (χ3v) is 4.43. The van der Waals surface area contributed by atoms with Crippen LogP contribution in [0.4, 0.5) is 0 Å². The molecule has 6 heteroatoms. The second kappa shape index (κ2) is 7.37. The Kier molecular flexibility index (Phi) is 5.50. The minimum atomic E-state index is -0.742. The lowest BCUT2D eigenvalue weighted by Crippen LogP contribution is -2.40. The van der Waals surface area contributed by atoms with Gasteiger partial charge >= 0.3 is 5.97 Å². The fourth-order valence-electron chi connectivity index (χ4n) is 2.73. The van der Waals surface area contributed by atoms with Gasteiger partial charge in [-0.25, -0.2) is 0 Å². The highest BCUT2D eigenvalue weighted by atomic mass is 16.4. The van der Waals surface area contributed by atoms with Crippen LogP contribution in [-0.2, 0) is 18.4 Å². The second-order valence-corrected chi connectivity index (χ2v) is 5.81. The first kappa shape index (κ1) is 17.1. The maximum atomic E-state index is 11.6. The number of nitrogens with one attached hydrogen (secondary N) is 1. The van der Waals surface area contributed by atoms with Crippen LogP contribution in [0.15, 0.2) is 30.7 Å². The average Bonchev–Trinajstić information content (AvgIpc) is 2.93. The Hall–Kier alpha value is -2.21. The third-order valence-electron chi connectivity index (χ3n) is 4.43. The lowest BCUT2D eigenvalue weighted by atomic mass is 9.82. The molecule has 2 heterocycles. The SMILES string of the molecule is CCC(CC)(CNCc1cn(C)nc1-c1cccnc1)C(=O)O. The average molecular weight is 316 g/mol. The number of hydrogen-bond donors (Lipinski definition) is 2. The number of aryl methyl sites for hydroxylation is 1. The molecule has 0 unspecified atom stereocenters. The Balaban J connectivity index is 2.11. The molecule has 0 aliphatic rings. The topological polar surface area (TPSA) is 80.0 Å². The lowest BCUT2D eigenvalue weighted by molar-refractivity contribution is -0.149. The largest absolute Gasteiger partial charge is 0.481 e. The third kappa shape index (κ3) is 3.76. The monoisotopic (exact) mass is 316 g/mol. The molecule has 2 aromatic heterocycles. The first-order valence-electron chi connectivity index (χ1n) is 7.89. The number of hydrogen-bond acceptors (Lipinski definition) is 4. The van der Waals surface area contributed by atoms with Crippen LogP contribution in [0, 0.1) is 5.41 Å². The maximum absolute atomic E-state index is 11.6. The maximum Gasteiger partial charge on any atom is 0.310 e. The predicted octanol–water partition coefficient (Wildman–Crippen LogP) is 2.46. The smallest absolute Gasteiger partial charge is 0.310 e. The number of aromatic nitrogens is 3. The Bertz CT molecular complexity index is 648. The van der Waals surface area contributed by atoms with E-state index in [1.807, 2.05) is 39.2 Å². The van der Waals surface area contributed by atoms with Gasteiger partial charge in [-0.1, -0.05) is 13.8 Å². The van der Waals surface area contributed by atoms with E-state index in [9.17, 15) is 9.90 Å². The van der Waals surface area contributed by atoms with Gasteiger partial charge in [-0.05, 0) is 25.0 Å². The van der Waals surface area contributed by atoms with Gasteiger partial charge in [0.2, 0.25) is 0 Å². The van der Waals surface area contributed by atoms with E-state index in [1.54, 1.807) is 17.1 Å². The molecule has 23 heavy (non-hydrogen) atoms. The molecule has 0 radical (unpaired) electrons. The summed E-state index contributed by atoms with van der Waals surface area (Å²) in [7, 11) is 1.88. The molecule has 0 aliphatic heterocycles. The van der Waals surface area contributed by atoms with Crippen molar-refractivity contribution in [2.24, 2.45) is 12.5 Å². The van der Waals surface area contributed by atoms with Gasteiger partial charge in [0, 0.05) is 49.9 Å². The predicted molar refractivity (Wildman–Crippen MR) is 88.8 cm³/mol. The molecule has 0 bridgehead atoms. The number of rotatable bonds is 8. The highest BCUT2D eigenvalue weighted by Gasteiger charge is 2.34. The Morgan fingerprint density at radius 1 is 1.39 bits per heavy atom. The highest BCUT2D eigenvalue weighted by molar-refractivity contribution is 5.74. The Morgan fingerprint density at radius 2 is 2.13 bits per heavy atom. The number of carboxylic acid groups (broad SMARTS) is 1. The first-order valence-corrected chi connectivity index (χ1v) is 7.89. The molecule has 2 aromatic rings. The fraction of sp³-hybridized carbons (Fsp3) is 0.471. The van der Waals surface area contributed by atoms with E-state index >= 15 is 0 Å². The van der Waals surface area contributed by atoms with Crippen molar-refractivity contribution in [2.75, 3.05) is 6.54 Å². The van der Waals surface area contributed by atoms with Crippen LogP contribution in [0.3, 0.4) is 0 Å². The van der Waals surface area contributed by atoms with Crippen LogP contribution >= 0.6 is 0 Å². The van der Waals surface area contributed by atoms with Crippen molar-refractivity contribution < 1.29 is 9.90 Å². The van der Waals surface area contributed by atoms with Crippen LogP contribution < -0.4 is 5.32 Å². The van der Waals surface area contributed by atoms with E-state index in [-0.39, 0.29) is 0 Å². The zero-order chi connectivity index (χ0) is 16.9. The summed E-state index contributed by atoms with van der Waals surface area (Å²) in [5.74, 6) is -0.742. The van der Waals surface area contributed by atoms with Crippen molar-refractivity contribution in [3.05, 3.63) is 36.3 Å². The molecule has 0 spiro atoms. The van der Waals surface area contributed by atoms with E-state index in [0.29, 0.717) is 25.9 Å². The number of nitrogens with zero attached hydrogens (tertiary/aromatic N) is 3. The summed E-state index contributed by atoms with van der Waals surface area (Å²) in [6, 6.07) is 3.85. The number of carbonyl (C=O) groups is 1. The van der Waals surface area contributed by atoms with Crippen molar-refractivity contribution in [3.8, 4) is 11.3 Å². The van der Waals surface area contributed by atoms with Crippen molar-refractivity contribution in [1.29, 1.82) is 0 Å². The zero-order valence-corrected chi connectivity index (χ0v) is 13.9. The van der Waals surface area contributed by atoms with Crippen molar-refractivity contribution in [2.45, 2.75) is 33.2 Å². The first-order chi connectivity index (χ1) is 11.0. The highest BCUT2D eigenvalue weighted by Crippen LogP contribution is 2.26. The number of aliphatic carboxylic acids is 1. The summed E-state index contributed by atoms with van der Waals surface area (Å²) in [5, 5.41) is 17.3. The van der Waals surface area contributed by atoms with Gasteiger partial charge in [0.15, 0.2) is 0 Å². The molecule has 0 amide bonds. The van der Waals surface area contributed by atoms with Crippen LogP contribution in [0.25, 0.3) is 11.3 Å². The van der Waals surface area contributed by atoms with Crippen LogP contribution in [-0.4, -0.2) is 32.4 Å². The molecule has 2 rings (SSSR count).